The van der Waals surface area contributed by atoms with Crippen LogP contribution >= 0.6 is 0 Å². The average molecular weight is 448 g/mol. The van der Waals surface area contributed by atoms with Gasteiger partial charge in [0.2, 0.25) is 5.91 Å². The molecule has 0 aliphatic carbocycles. The molecule has 1 unspecified atom stereocenters. The number of rotatable bonds is 9. The van der Waals surface area contributed by atoms with E-state index in [2.05, 4.69) is 39.5 Å². The second kappa shape index (κ2) is 10.2. The number of nitrogens with zero attached hydrogens (tertiary/aromatic N) is 4. The number of carbonyl (C=O) groups excluding carboxylic acids is 1. The molecule has 1 aromatic heterocycles. The number of hydrogen-bond donors (Lipinski definition) is 1. The Balaban J connectivity index is 1.39. The number of amides is 1. The first-order valence-corrected chi connectivity index (χ1v) is 11.6. The minimum atomic E-state index is -0.830. The summed E-state index contributed by atoms with van der Waals surface area (Å²) in [5, 5.41) is 8.68. The number of likely N-dealkylation sites (tertiary alicyclic amines) is 1. The van der Waals surface area contributed by atoms with Crippen molar-refractivity contribution in [2.75, 3.05) is 26.7 Å². The van der Waals surface area contributed by atoms with Crippen LogP contribution < -0.4 is 10.5 Å². The van der Waals surface area contributed by atoms with E-state index in [9.17, 15) is 4.79 Å². The highest BCUT2D eigenvalue weighted by Crippen LogP contribution is 2.37. The summed E-state index contributed by atoms with van der Waals surface area (Å²) in [5.41, 5.74) is 8.22. The van der Waals surface area contributed by atoms with Crippen LogP contribution in [0.4, 0.5) is 0 Å². The summed E-state index contributed by atoms with van der Waals surface area (Å²) in [4.78, 5) is 15.1. The monoisotopic (exact) mass is 447 g/mol. The Bertz CT molecular complexity index is 1040. The lowest BCUT2D eigenvalue weighted by atomic mass is 9.69. The predicted molar refractivity (Wildman–Crippen MR) is 128 cm³/mol. The first-order valence-electron chi connectivity index (χ1n) is 11.6. The van der Waals surface area contributed by atoms with Crippen LogP contribution in [0.3, 0.4) is 0 Å². The highest BCUT2D eigenvalue weighted by atomic mass is 16.5. The summed E-state index contributed by atoms with van der Waals surface area (Å²) < 4.78 is 6.99. The molecule has 1 saturated heterocycles. The molecule has 4 rings (SSSR count). The van der Waals surface area contributed by atoms with Gasteiger partial charge in [-0.15, -0.1) is 5.10 Å². The van der Waals surface area contributed by atoms with E-state index >= 15 is 0 Å². The molecule has 1 atom stereocenters. The number of carbonyl (C=O) groups is 1. The third-order valence-corrected chi connectivity index (χ3v) is 7.05. The van der Waals surface area contributed by atoms with E-state index in [1.54, 1.807) is 11.8 Å². The van der Waals surface area contributed by atoms with E-state index in [1.807, 2.05) is 43.5 Å². The molecule has 7 heteroatoms. The maximum absolute atomic E-state index is 12.7. The van der Waals surface area contributed by atoms with E-state index in [0.29, 0.717) is 12.2 Å². The van der Waals surface area contributed by atoms with Crippen LogP contribution in [0.15, 0.2) is 60.8 Å². The quantitative estimate of drug-likeness (QED) is 0.545. The van der Waals surface area contributed by atoms with Gasteiger partial charge in [-0.3, -0.25) is 4.79 Å². The predicted octanol–water partition coefficient (Wildman–Crippen LogP) is 3.03. The van der Waals surface area contributed by atoms with E-state index in [4.69, 9.17) is 10.5 Å². The number of primary amides is 1. The molecule has 1 amide bonds. The SMILES string of the molecule is COc1ccc(Cn2cc(C(C)(C(N)=O)C3CCN(CCc4ccccc4)CC3)nn2)cc1. The molecular formula is C26H33N5O2. The second-order valence-corrected chi connectivity index (χ2v) is 9.07. The highest BCUT2D eigenvalue weighted by molar-refractivity contribution is 5.86. The van der Waals surface area contributed by atoms with E-state index in [0.717, 1.165) is 50.2 Å². The van der Waals surface area contributed by atoms with Crippen molar-refractivity contribution in [2.24, 2.45) is 11.7 Å². The normalized spacial score (nSPS) is 16.9. The van der Waals surface area contributed by atoms with Gasteiger partial charge >= 0.3 is 0 Å². The molecule has 1 aliphatic heterocycles. The second-order valence-electron chi connectivity index (χ2n) is 9.07. The smallest absolute Gasteiger partial charge is 0.229 e. The molecule has 174 valence electrons. The van der Waals surface area contributed by atoms with Crippen LogP contribution in [-0.2, 0) is 23.2 Å². The Morgan fingerprint density at radius 3 is 2.42 bits per heavy atom. The zero-order valence-corrected chi connectivity index (χ0v) is 19.5. The lowest BCUT2D eigenvalue weighted by Gasteiger charge is -2.39. The van der Waals surface area contributed by atoms with Crippen molar-refractivity contribution in [2.45, 2.75) is 38.1 Å². The fraction of sp³-hybridized carbons (Fsp3) is 0.423. The summed E-state index contributed by atoms with van der Waals surface area (Å²) in [6, 6.07) is 18.4. The molecule has 33 heavy (non-hydrogen) atoms. The first-order chi connectivity index (χ1) is 16.0. The number of hydrogen-bond acceptors (Lipinski definition) is 5. The number of nitrogens with two attached hydrogens (primary N) is 1. The van der Waals surface area contributed by atoms with Crippen molar-refractivity contribution in [3.8, 4) is 5.75 Å². The van der Waals surface area contributed by atoms with Crippen LogP contribution in [0.25, 0.3) is 0 Å². The molecule has 2 heterocycles. The summed E-state index contributed by atoms with van der Waals surface area (Å²) in [6.07, 6.45) is 4.74. The number of methoxy groups -OCH3 is 1. The fourth-order valence-electron chi connectivity index (χ4n) is 4.73. The molecular weight excluding hydrogens is 414 g/mol. The lowest BCUT2D eigenvalue weighted by Crippen LogP contribution is -2.49. The van der Waals surface area contributed by atoms with Crippen LogP contribution in [0.5, 0.6) is 5.75 Å². The van der Waals surface area contributed by atoms with Gasteiger partial charge in [0.1, 0.15) is 5.75 Å². The van der Waals surface area contributed by atoms with Gasteiger partial charge in [0, 0.05) is 12.7 Å². The van der Waals surface area contributed by atoms with Gasteiger partial charge in [-0.1, -0.05) is 47.7 Å². The van der Waals surface area contributed by atoms with Crippen molar-refractivity contribution < 1.29 is 9.53 Å². The van der Waals surface area contributed by atoms with Gasteiger partial charge in [0.05, 0.1) is 24.8 Å². The van der Waals surface area contributed by atoms with Gasteiger partial charge < -0.3 is 15.4 Å². The molecule has 7 nitrogen and oxygen atoms in total. The number of piperidine rings is 1. The Labute approximate surface area is 195 Å². The van der Waals surface area contributed by atoms with Crippen LogP contribution in [0, 0.1) is 5.92 Å². The first kappa shape index (κ1) is 23.0. The molecule has 3 aromatic rings. The Kier molecular flexibility index (Phi) is 7.08. The van der Waals surface area contributed by atoms with Crippen molar-refractivity contribution in [1.82, 2.24) is 19.9 Å². The molecule has 2 N–H and O–H groups in total. The summed E-state index contributed by atoms with van der Waals surface area (Å²) in [5.74, 6) is 0.630. The number of benzene rings is 2. The zero-order chi connectivity index (χ0) is 23.3. The Morgan fingerprint density at radius 2 is 1.79 bits per heavy atom. The highest BCUT2D eigenvalue weighted by Gasteiger charge is 2.44. The molecule has 0 spiro atoms. The average Bonchev–Trinajstić information content (AvgIpc) is 3.32. The third-order valence-electron chi connectivity index (χ3n) is 7.05. The van der Waals surface area contributed by atoms with Gasteiger partial charge in [-0.2, -0.15) is 0 Å². The van der Waals surface area contributed by atoms with Crippen LogP contribution in [-0.4, -0.2) is 52.5 Å². The lowest BCUT2D eigenvalue weighted by molar-refractivity contribution is -0.125. The largest absolute Gasteiger partial charge is 0.497 e. The van der Waals surface area contributed by atoms with Crippen molar-refractivity contribution in [1.29, 1.82) is 0 Å². The minimum absolute atomic E-state index is 0.147. The summed E-state index contributed by atoms with van der Waals surface area (Å²) in [7, 11) is 1.65. The number of ether oxygens (including phenoxy) is 1. The van der Waals surface area contributed by atoms with Crippen molar-refractivity contribution >= 4 is 5.91 Å². The van der Waals surface area contributed by atoms with Crippen molar-refractivity contribution in [3.63, 3.8) is 0 Å². The topological polar surface area (TPSA) is 86.3 Å². The molecule has 0 radical (unpaired) electrons. The van der Waals surface area contributed by atoms with Crippen LogP contribution in [0.2, 0.25) is 0 Å². The molecule has 1 aliphatic rings. The van der Waals surface area contributed by atoms with Gasteiger partial charge in [0.25, 0.3) is 0 Å². The minimum Gasteiger partial charge on any atom is -0.497 e. The zero-order valence-electron chi connectivity index (χ0n) is 19.5. The maximum atomic E-state index is 12.7. The number of aromatic nitrogens is 3. The molecule has 0 bridgehead atoms. The van der Waals surface area contributed by atoms with Crippen LogP contribution in [0.1, 0.15) is 36.6 Å². The standard InChI is InChI=1S/C26H33N5O2/c1-26(25(27)32,22-13-16-30(17-14-22)15-12-20-6-4-3-5-7-20)24-19-31(29-28-24)18-21-8-10-23(33-2)11-9-21/h3-11,19,22H,12-18H2,1-2H3,(H2,27,32). The summed E-state index contributed by atoms with van der Waals surface area (Å²) >= 11 is 0. The van der Waals surface area contributed by atoms with E-state index < -0.39 is 5.41 Å². The summed E-state index contributed by atoms with van der Waals surface area (Å²) in [6.45, 7) is 5.45. The fourth-order valence-corrected chi connectivity index (χ4v) is 4.73. The molecule has 1 fully saturated rings. The molecule has 0 saturated carbocycles. The Morgan fingerprint density at radius 1 is 1.09 bits per heavy atom. The maximum Gasteiger partial charge on any atom is 0.229 e. The molecule has 2 aromatic carbocycles. The van der Waals surface area contributed by atoms with Crippen molar-refractivity contribution in [3.05, 3.63) is 77.6 Å². The van der Waals surface area contributed by atoms with Gasteiger partial charge in [-0.25, -0.2) is 4.68 Å². The van der Waals surface area contributed by atoms with Gasteiger partial charge in [-0.05, 0) is 68.5 Å². The third kappa shape index (κ3) is 5.25. The van der Waals surface area contributed by atoms with Gasteiger partial charge in [0.15, 0.2) is 0 Å². The Hall–Kier alpha value is -3.19. The van der Waals surface area contributed by atoms with E-state index in [-0.39, 0.29) is 11.8 Å². The van der Waals surface area contributed by atoms with E-state index in [1.165, 1.54) is 5.56 Å².